The van der Waals surface area contributed by atoms with Gasteiger partial charge in [-0.05, 0) is 18.2 Å². The molecule has 5 heteroatoms. The van der Waals surface area contributed by atoms with E-state index in [1.54, 1.807) is 37.3 Å². The Morgan fingerprint density at radius 1 is 1.41 bits per heavy atom. The third-order valence-electron chi connectivity index (χ3n) is 2.43. The van der Waals surface area contributed by atoms with Crippen LogP contribution in [0.1, 0.15) is 10.4 Å². The van der Waals surface area contributed by atoms with Crippen LogP contribution in [0.25, 0.3) is 0 Å². The summed E-state index contributed by atoms with van der Waals surface area (Å²) in [6.45, 7) is 1.01. The van der Waals surface area contributed by atoms with E-state index in [2.05, 4.69) is 0 Å². The molecule has 0 unspecified atom stereocenters. The van der Waals surface area contributed by atoms with Crippen LogP contribution in [0.15, 0.2) is 18.2 Å². The van der Waals surface area contributed by atoms with Gasteiger partial charge in [0.25, 0.3) is 5.91 Å². The van der Waals surface area contributed by atoms with Crippen molar-refractivity contribution in [3.63, 3.8) is 0 Å². The predicted molar refractivity (Wildman–Crippen MR) is 66.2 cm³/mol. The van der Waals surface area contributed by atoms with Gasteiger partial charge in [-0.3, -0.25) is 4.79 Å². The fraction of sp³-hybridized carbons (Fsp3) is 0.417. The van der Waals surface area contributed by atoms with Crippen LogP contribution in [0.2, 0.25) is 0 Å². The number of rotatable bonds is 5. The highest BCUT2D eigenvalue weighted by Gasteiger charge is 2.16. The van der Waals surface area contributed by atoms with Gasteiger partial charge in [-0.15, -0.1) is 0 Å². The smallest absolute Gasteiger partial charge is 0.257 e. The molecule has 0 bridgehead atoms. The number of hydrogen-bond donors (Lipinski definition) is 1. The van der Waals surface area contributed by atoms with E-state index >= 15 is 0 Å². The van der Waals surface area contributed by atoms with E-state index in [4.69, 9.17) is 15.2 Å². The molecule has 5 nitrogen and oxygen atoms in total. The third kappa shape index (κ3) is 3.35. The molecule has 0 spiro atoms. The van der Waals surface area contributed by atoms with Crippen molar-refractivity contribution >= 4 is 11.6 Å². The SMILES string of the molecule is COCCN(C)C(=O)c1cc(N)ccc1OC. The highest BCUT2D eigenvalue weighted by atomic mass is 16.5. The van der Waals surface area contributed by atoms with Crippen molar-refractivity contribution in [2.24, 2.45) is 0 Å². The van der Waals surface area contributed by atoms with E-state index in [-0.39, 0.29) is 5.91 Å². The predicted octanol–water partition coefficient (Wildman–Crippen LogP) is 0.996. The van der Waals surface area contributed by atoms with Crippen molar-refractivity contribution in [3.05, 3.63) is 23.8 Å². The zero-order valence-corrected chi connectivity index (χ0v) is 10.4. The van der Waals surface area contributed by atoms with Crippen molar-refractivity contribution in [1.82, 2.24) is 4.90 Å². The highest BCUT2D eigenvalue weighted by Crippen LogP contribution is 2.22. The summed E-state index contributed by atoms with van der Waals surface area (Å²) in [6.07, 6.45) is 0. The number of anilines is 1. The minimum atomic E-state index is -0.133. The number of carbonyl (C=O) groups excluding carboxylic acids is 1. The Morgan fingerprint density at radius 3 is 2.71 bits per heavy atom. The van der Waals surface area contributed by atoms with Crippen LogP contribution >= 0.6 is 0 Å². The van der Waals surface area contributed by atoms with Crippen LogP contribution in [-0.2, 0) is 4.74 Å². The zero-order valence-electron chi connectivity index (χ0n) is 10.4. The molecule has 0 heterocycles. The van der Waals surface area contributed by atoms with Gasteiger partial charge in [0.05, 0.1) is 19.3 Å². The Bertz CT molecular complexity index is 393. The molecular weight excluding hydrogens is 220 g/mol. The van der Waals surface area contributed by atoms with Crippen LogP contribution < -0.4 is 10.5 Å². The quantitative estimate of drug-likeness (QED) is 0.777. The number of nitrogens with zero attached hydrogens (tertiary/aromatic N) is 1. The molecule has 1 rings (SSSR count). The Hall–Kier alpha value is -1.75. The molecular formula is C12H18N2O3. The molecule has 0 aliphatic rings. The number of carbonyl (C=O) groups is 1. The second kappa shape index (κ2) is 6.10. The Labute approximate surface area is 101 Å². The number of ether oxygens (including phenoxy) is 2. The Morgan fingerprint density at radius 2 is 2.12 bits per heavy atom. The molecule has 0 aliphatic heterocycles. The first kappa shape index (κ1) is 13.3. The van der Waals surface area contributed by atoms with Crippen LogP contribution in [0.3, 0.4) is 0 Å². The molecule has 2 N–H and O–H groups in total. The molecule has 17 heavy (non-hydrogen) atoms. The summed E-state index contributed by atoms with van der Waals surface area (Å²) in [6, 6.07) is 5.00. The number of methoxy groups -OCH3 is 2. The zero-order chi connectivity index (χ0) is 12.8. The summed E-state index contributed by atoms with van der Waals surface area (Å²) in [5, 5.41) is 0. The lowest BCUT2D eigenvalue weighted by Gasteiger charge is -2.18. The standard InChI is InChI=1S/C12H18N2O3/c1-14(6-7-16-2)12(15)10-8-9(13)4-5-11(10)17-3/h4-5,8H,6-7,13H2,1-3H3. The summed E-state index contributed by atoms with van der Waals surface area (Å²) in [7, 11) is 4.83. The van der Waals surface area contributed by atoms with E-state index in [1.165, 1.54) is 7.11 Å². The first-order valence-corrected chi connectivity index (χ1v) is 5.28. The molecule has 1 amide bonds. The second-order valence-electron chi connectivity index (χ2n) is 3.68. The van der Waals surface area contributed by atoms with E-state index < -0.39 is 0 Å². The fourth-order valence-corrected chi connectivity index (χ4v) is 1.43. The molecule has 0 radical (unpaired) electrons. The first-order chi connectivity index (χ1) is 8.10. The van der Waals surface area contributed by atoms with Crippen molar-refractivity contribution < 1.29 is 14.3 Å². The van der Waals surface area contributed by atoms with Gasteiger partial charge in [0.15, 0.2) is 0 Å². The number of nitrogen functional groups attached to an aromatic ring is 1. The normalized spacial score (nSPS) is 10.1. The summed E-state index contributed by atoms with van der Waals surface area (Å²) in [5.41, 5.74) is 6.67. The summed E-state index contributed by atoms with van der Waals surface area (Å²) in [4.78, 5) is 13.7. The largest absolute Gasteiger partial charge is 0.496 e. The van der Waals surface area contributed by atoms with Crippen LogP contribution in [0, 0.1) is 0 Å². The summed E-state index contributed by atoms with van der Waals surface area (Å²) >= 11 is 0. The van der Waals surface area contributed by atoms with Gasteiger partial charge in [0.1, 0.15) is 5.75 Å². The number of likely N-dealkylation sites (N-methyl/N-ethyl adjacent to an activating group) is 1. The Kier molecular flexibility index (Phi) is 4.78. The second-order valence-corrected chi connectivity index (χ2v) is 3.68. The number of amides is 1. The number of hydrogen-bond acceptors (Lipinski definition) is 4. The molecule has 1 aromatic rings. The molecule has 0 saturated heterocycles. The highest BCUT2D eigenvalue weighted by molar-refractivity contribution is 5.97. The Balaban J connectivity index is 2.90. The van der Waals surface area contributed by atoms with Crippen molar-refractivity contribution in [3.8, 4) is 5.75 Å². The molecule has 0 fully saturated rings. The first-order valence-electron chi connectivity index (χ1n) is 5.28. The summed E-state index contributed by atoms with van der Waals surface area (Å²) in [5.74, 6) is 0.389. The van der Waals surface area contributed by atoms with Gasteiger partial charge >= 0.3 is 0 Å². The van der Waals surface area contributed by atoms with E-state index in [1.807, 2.05) is 0 Å². The van der Waals surface area contributed by atoms with Crippen molar-refractivity contribution in [2.75, 3.05) is 40.2 Å². The van der Waals surface area contributed by atoms with E-state index in [0.29, 0.717) is 30.2 Å². The van der Waals surface area contributed by atoms with Crippen molar-refractivity contribution in [1.29, 1.82) is 0 Å². The van der Waals surface area contributed by atoms with E-state index in [9.17, 15) is 4.79 Å². The average Bonchev–Trinajstić information content (AvgIpc) is 2.34. The van der Waals surface area contributed by atoms with Gasteiger partial charge in [-0.25, -0.2) is 0 Å². The van der Waals surface area contributed by atoms with Crippen LogP contribution in [-0.4, -0.2) is 45.2 Å². The maximum Gasteiger partial charge on any atom is 0.257 e. The minimum absolute atomic E-state index is 0.133. The maximum atomic E-state index is 12.1. The minimum Gasteiger partial charge on any atom is -0.496 e. The number of nitrogens with two attached hydrogens (primary N) is 1. The topological polar surface area (TPSA) is 64.8 Å². The molecule has 0 aromatic heterocycles. The lowest BCUT2D eigenvalue weighted by Crippen LogP contribution is -2.30. The summed E-state index contributed by atoms with van der Waals surface area (Å²) < 4.78 is 10.1. The molecule has 0 atom stereocenters. The maximum absolute atomic E-state index is 12.1. The molecule has 94 valence electrons. The molecule has 1 aromatic carbocycles. The van der Waals surface area contributed by atoms with Crippen LogP contribution in [0.5, 0.6) is 5.75 Å². The van der Waals surface area contributed by atoms with E-state index in [0.717, 1.165) is 0 Å². The van der Waals surface area contributed by atoms with Crippen LogP contribution in [0.4, 0.5) is 5.69 Å². The van der Waals surface area contributed by atoms with Gasteiger partial charge < -0.3 is 20.1 Å². The lowest BCUT2D eigenvalue weighted by atomic mass is 10.1. The monoisotopic (exact) mass is 238 g/mol. The fourth-order valence-electron chi connectivity index (χ4n) is 1.43. The van der Waals surface area contributed by atoms with Gasteiger partial charge in [-0.2, -0.15) is 0 Å². The third-order valence-corrected chi connectivity index (χ3v) is 2.43. The van der Waals surface area contributed by atoms with Gasteiger partial charge in [0, 0.05) is 26.4 Å². The lowest BCUT2D eigenvalue weighted by molar-refractivity contribution is 0.0741. The van der Waals surface area contributed by atoms with Gasteiger partial charge in [-0.1, -0.05) is 0 Å². The molecule has 0 saturated carbocycles. The molecule has 0 aliphatic carbocycles. The number of benzene rings is 1. The average molecular weight is 238 g/mol. The van der Waals surface area contributed by atoms with Gasteiger partial charge in [0.2, 0.25) is 0 Å². The van der Waals surface area contributed by atoms with Crippen molar-refractivity contribution in [2.45, 2.75) is 0 Å².